The summed E-state index contributed by atoms with van der Waals surface area (Å²) in [6.45, 7) is 0. The molecule has 6 heteroatoms. The topological polar surface area (TPSA) is 62.5 Å². The van der Waals surface area contributed by atoms with Crippen LogP contribution in [0.4, 0.5) is 0 Å². The van der Waals surface area contributed by atoms with Crippen LogP contribution in [-0.2, 0) is 20.5 Å². The van der Waals surface area contributed by atoms with E-state index in [-0.39, 0.29) is 11.5 Å². The van der Waals surface area contributed by atoms with Crippen LogP contribution in [0.2, 0.25) is 0 Å². The van der Waals surface area contributed by atoms with Crippen LogP contribution in [0.3, 0.4) is 0 Å². The molecule has 0 saturated carbocycles. The van der Waals surface area contributed by atoms with Gasteiger partial charge in [0.1, 0.15) is 0 Å². The first-order valence-corrected chi connectivity index (χ1v) is 8.60. The fourth-order valence-corrected chi connectivity index (χ4v) is 3.67. The second-order valence-corrected chi connectivity index (χ2v) is 6.69. The Morgan fingerprint density at radius 2 is 1.59 bits per heavy atom. The predicted octanol–water partition coefficient (Wildman–Crippen LogP) is 2.72. The third-order valence-corrected chi connectivity index (χ3v) is 5.16. The molecule has 0 spiro atoms. The Morgan fingerprint density at radius 1 is 0.926 bits per heavy atom. The van der Waals surface area contributed by atoms with Gasteiger partial charge in [0.15, 0.2) is 17.3 Å². The molecule has 0 bridgehead atoms. The number of nitrogens with zero attached hydrogens (tertiary/aromatic N) is 2. The summed E-state index contributed by atoms with van der Waals surface area (Å²) < 4.78 is 13.9. The fourth-order valence-electron chi connectivity index (χ4n) is 3.67. The lowest BCUT2D eigenvalue weighted by Crippen LogP contribution is -2.19. The Morgan fingerprint density at radius 3 is 2.30 bits per heavy atom. The fraction of sp³-hybridized carbons (Fsp3) is 0.238. The van der Waals surface area contributed by atoms with Crippen molar-refractivity contribution in [3.05, 3.63) is 63.1 Å². The lowest BCUT2D eigenvalue weighted by atomic mass is 10.1. The molecule has 2 aromatic carbocycles. The number of aromatic nitrogens is 2. The maximum absolute atomic E-state index is 12.8. The molecule has 0 fully saturated rings. The number of carbonyl (C=O) groups is 1. The quantitative estimate of drug-likeness (QED) is 0.671. The Bertz CT molecular complexity index is 1180. The van der Waals surface area contributed by atoms with Gasteiger partial charge in [-0.1, -0.05) is 6.07 Å². The average molecular weight is 364 g/mol. The van der Waals surface area contributed by atoms with E-state index < -0.39 is 0 Å². The Hall–Kier alpha value is -3.28. The Labute approximate surface area is 156 Å². The van der Waals surface area contributed by atoms with Gasteiger partial charge >= 0.3 is 5.69 Å². The number of imidazole rings is 1. The molecule has 1 aliphatic rings. The molecule has 6 nitrogen and oxygen atoms in total. The SMILES string of the molecule is COc1cc2c(cc1OC)C(=O)/C(=C\c1ccc3c(c1)n(C)c(=O)n3C)C2. The van der Waals surface area contributed by atoms with Crippen LogP contribution in [0.15, 0.2) is 40.7 Å². The van der Waals surface area contributed by atoms with Crippen LogP contribution in [0.25, 0.3) is 17.1 Å². The number of fused-ring (bicyclic) bond motifs is 2. The first-order chi connectivity index (χ1) is 12.9. The van der Waals surface area contributed by atoms with Crippen LogP contribution in [-0.4, -0.2) is 29.1 Å². The predicted molar refractivity (Wildman–Crippen MR) is 104 cm³/mol. The summed E-state index contributed by atoms with van der Waals surface area (Å²) in [7, 11) is 6.63. The number of hydrogen-bond donors (Lipinski definition) is 0. The van der Waals surface area contributed by atoms with Crippen molar-refractivity contribution in [3.63, 3.8) is 0 Å². The highest BCUT2D eigenvalue weighted by Gasteiger charge is 2.27. The first kappa shape index (κ1) is 17.1. The number of hydrogen-bond acceptors (Lipinski definition) is 4. The second kappa shape index (κ2) is 6.16. The van der Waals surface area contributed by atoms with E-state index in [1.54, 1.807) is 43.5 Å². The van der Waals surface area contributed by atoms with E-state index >= 15 is 0 Å². The molecule has 4 rings (SSSR count). The van der Waals surface area contributed by atoms with Crippen molar-refractivity contribution in [1.29, 1.82) is 0 Å². The number of ketones is 1. The zero-order valence-electron chi connectivity index (χ0n) is 15.7. The van der Waals surface area contributed by atoms with E-state index in [9.17, 15) is 9.59 Å². The number of Topliss-reactive ketones (excluding diaryl/α,β-unsaturated/α-hetero) is 1. The maximum Gasteiger partial charge on any atom is 0.328 e. The van der Waals surface area contributed by atoms with Crippen LogP contribution in [0.1, 0.15) is 21.5 Å². The Balaban J connectivity index is 1.77. The number of aryl methyl sites for hydroxylation is 2. The van der Waals surface area contributed by atoms with Crippen molar-refractivity contribution in [2.45, 2.75) is 6.42 Å². The molecule has 1 heterocycles. The van der Waals surface area contributed by atoms with Gasteiger partial charge in [0.25, 0.3) is 0 Å². The molecule has 0 radical (unpaired) electrons. The lowest BCUT2D eigenvalue weighted by molar-refractivity contribution is 0.104. The van der Waals surface area contributed by atoms with Gasteiger partial charge < -0.3 is 9.47 Å². The minimum atomic E-state index is -0.0710. The van der Waals surface area contributed by atoms with E-state index in [0.29, 0.717) is 29.1 Å². The zero-order chi connectivity index (χ0) is 19.3. The summed E-state index contributed by atoms with van der Waals surface area (Å²) in [6.07, 6.45) is 2.43. The van der Waals surface area contributed by atoms with Gasteiger partial charge in [0, 0.05) is 31.7 Å². The molecule has 138 valence electrons. The third kappa shape index (κ3) is 2.56. The molecule has 0 amide bonds. The summed E-state index contributed by atoms with van der Waals surface area (Å²) in [5.41, 5.74) is 4.80. The van der Waals surface area contributed by atoms with Crippen molar-refractivity contribution in [3.8, 4) is 11.5 Å². The molecule has 0 atom stereocenters. The van der Waals surface area contributed by atoms with Crippen LogP contribution in [0.5, 0.6) is 11.5 Å². The number of benzene rings is 2. The molecule has 1 aromatic heterocycles. The minimum absolute atomic E-state index is 0.00648. The van der Waals surface area contributed by atoms with Crippen LogP contribution in [0, 0.1) is 0 Å². The first-order valence-electron chi connectivity index (χ1n) is 8.60. The summed E-state index contributed by atoms with van der Waals surface area (Å²) in [5.74, 6) is 1.16. The zero-order valence-corrected chi connectivity index (χ0v) is 15.7. The molecule has 27 heavy (non-hydrogen) atoms. The maximum atomic E-state index is 12.8. The number of ether oxygens (including phenoxy) is 2. The van der Waals surface area contributed by atoms with Gasteiger partial charge in [-0.25, -0.2) is 4.79 Å². The second-order valence-electron chi connectivity index (χ2n) is 6.69. The lowest BCUT2D eigenvalue weighted by Gasteiger charge is -2.08. The van der Waals surface area contributed by atoms with Crippen molar-refractivity contribution in [1.82, 2.24) is 9.13 Å². The summed E-state index contributed by atoms with van der Waals surface area (Å²) in [6, 6.07) is 9.35. The van der Waals surface area contributed by atoms with E-state index in [0.717, 1.165) is 22.2 Å². The molecular formula is C21H20N2O4. The number of carbonyl (C=O) groups excluding carboxylic acids is 1. The minimum Gasteiger partial charge on any atom is -0.493 e. The smallest absolute Gasteiger partial charge is 0.328 e. The van der Waals surface area contributed by atoms with E-state index in [1.165, 1.54) is 0 Å². The molecular weight excluding hydrogens is 344 g/mol. The normalized spacial score (nSPS) is 14.8. The van der Waals surface area contributed by atoms with Gasteiger partial charge in [-0.3, -0.25) is 13.9 Å². The highest BCUT2D eigenvalue weighted by molar-refractivity contribution is 6.16. The monoisotopic (exact) mass is 364 g/mol. The summed E-state index contributed by atoms with van der Waals surface area (Å²) >= 11 is 0. The Kier molecular flexibility index (Phi) is 3.91. The standard InChI is InChI=1S/C21H20N2O4/c1-22-16-6-5-12(8-17(16)23(2)21(22)25)7-14-9-13-10-18(26-3)19(27-4)11-15(13)20(14)24/h5-8,10-11H,9H2,1-4H3/b14-7-. The third-order valence-electron chi connectivity index (χ3n) is 5.16. The molecule has 1 aliphatic carbocycles. The van der Waals surface area contributed by atoms with Gasteiger partial charge in [-0.05, 0) is 41.5 Å². The van der Waals surface area contributed by atoms with Gasteiger partial charge in [0.2, 0.25) is 0 Å². The van der Waals surface area contributed by atoms with Crippen LogP contribution >= 0.6 is 0 Å². The molecule has 3 aromatic rings. The highest BCUT2D eigenvalue weighted by atomic mass is 16.5. The molecule has 0 aliphatic heterocycles. The van der Waals surface area contributed by atoms with Crippen molar-refractivity contribution >= 4 is 22.9 Å². The number of rotatable bonds is 3. The summed E-state index contributed by atoms with van der Waals surface area (Å²) in [4.78, 5) is 24.9. The van der Waals surface area contributed by atoms with Gasteiger partial charge in [-0.15, -0.1) is 0 Å². The van der Waals surface area contributed by atoms with Crippen LogP contribution < -0.4 is 15.2 Å². The largest absolute Gasteiger partial charge is 0.493 e. The summed E-state index contributed by atoms with van der Waals surface area (Å²) in [5, 5.41) is 0. The molecule has 0 unspecified atom stereocenters. The molecule has 0 N–H and O–H groups in total. The highest BCUT2D eigenvalue weighted by Crippen LogP contribution is 2.37. The van der Waals surface area contributed by atoms with Crippen molar-refractivity contribution in [2.24, 2.45) is 14.1 Å². The van der Waals surface area contributed by atoms with E-state index in [2.05, 4.69) is 0 Å². The number of allylic oxidation sites excluding steroid dienone is 1. The van der Waals surface area contributed by atoms with Gasteiger partial charge in [-0.2, -0.15) is 0 Å². The van der Waals surface area contributed by atoms with E-state index in [1.807, 2.05) is 30.3 Å². The van der Waals surface area contributed by atoms with Crippen molar-refractivity contribution in [2.75, 3.05) is 14.2 Å². The van der Waals surface area contributed by atoms with Crippen molar-refractivity contribution < 1.29 is 14.3 Å². The van der Waals surface area contributed by atoms with E-state index in [4.69, 9.17) is 9.47 Å². The molecule has 0 saturated heterocycles. The average Bonchev–Trinajstić information content (AvgIpc) is 3.09. The van der Waals surface area contributed by atoms with Gasteiger partial charge in [0.05, 0.1) is 25.3 Å². The number of methoxy groups -OCH3 is 2.